The number of ether oxygens (including phenoxy) is 1. The van der Waals surface area contributed by atoms with Crippen molar-refractivity contribution in [1.82, 2.24) is 0 Å². The highest BCUT2D eigenvalue weighted by atomic mass is 35.5. The average Bonchev–Trinajstić information content (AvgIpc) is 2.17. The first kappa shape index (κ1) is 11.1. The van der Waals surface area contributed by atoms with Crippen molar-refractivity contribution < 1.29 is 14.9 Å². The van der Waals surface area contributed by atoms with Gasteiger partial charge in [0.2, 0.25) is 0 Å². The molecule has 0 heterocycles. The molecule has 0 aromatic heterocycles. The highest BCUT2D eigenvalue weighted by Crippen LogP contribution is 2.34. The van der Waals surface area contributed by atoms with E-state index in [1.54, 1.807) is 0 Å². The Kier molecular flexibility index (Phi) is 3.57. The van der Waals surface area contributed by atoms with Crippen LogP contribution in [-0.2, 0) is 0 Å². The largest absolute Gasteiger partial charge is 0.504 e. The van der Waals surface area contributed by atoms with Gasteiger partial charge in [-0.05, 0) is 6.07 Å². The number of methoxy groups -OCH3 is 1. The first-order valence-corrected chi connectivity index (χ1v) is 4.42. The molecule has 1 unspecified atom stereocenters. The second-order valence-electron chi connectivity index (χ2n) is 2.80. The fourth-order valence-corrected chi connectivity index (χ4v) is 1.39. The van der Waals surface area contributed by atoms with Gasteiger partial charge in [-0.1, -0.05) is 11.6 Å². The van der Waals surface area contributed by atoms with E-state index < -0.39 is 6.10 Å². The van der Waals surface area contributed by atoms with E-state index in [9.17, 15) is 10.2 Å². The molecule has 0 amide bonds. The van der Waals surface area contributed by atoms with Gasteiger partial charge in [0.05, 0.1) is 18.2 Å². The molecule has 0 fully saturated rings. The van der Waals surface area contributed by atoms with Gasteiger partial charge in [-0.2, -0.15) is 0 Å². The lowest BCUT2D eigenvalue weighted by molar-refractivity contribution is 0.186. The van der Waals surface area contributed by atoms with Gasteiger partial charge in [-0.15, -0.1) is 0 Å². The van der Waals surface area contributed by atoms with Crippen molar-refractivity contribution >= 4 is 11.6 Å². The van der Waals surface area contributed by atoms with Crippen LogP contribution in [0.1, 0.15) is 11.7 Å². The van der Waals surface area contributed by atoms with Crippen molar-refractivity contribution in [2.45, 2.75) is 6.10 Å². The maximum Gasteiger partial charge on any atom is 0.160 e. The molecule has 1 rings (SSSR count). The molecule has 0 radical (unpaired) electrons. The lowest BCUT2D eigenvalue weighted by Crippen LogP contribution is -2.12. The molecule has 1 aromatic carbocycles. The third-order valence-electron chi connectivity index (χ3n) is 1.88. The van der Waals surface area contributed by atoms with E-state index in [2.05, 4.69) is 0 Å². The summed E-state index contributed by atoms with van der Waals surface area (Å²) in [7, 11) is 1.42. The predicted octanol–water partition coefficient (Wildman–Crippen LogP) is 1.05. The number of benzene rings is 1. The lowest BCUT2D eigenvalue weighted by Gasteiger charge is -2.12. The number of aromatic hydroxyl groups is 1. The van der Waals surface area contributed by atoms with Gasteiger partial charge in [0.15, 0.2) is 11.5 Å². The Bertz CT molecular complexity index is 330. The minimum absolute atomic E-state index is 0.0631. The summed E-state index contributed by atoms with van der Waals surface area (Å²) in [6, 6.07) is 2.78. The van der Waals surface area contributed by atoms with Gasteiger partial charge in [0.25, 0.3) is 0 Å². The number of hydrogen-bond donors (Lipinski definition) is 3. The average molecular weight is 218 g/mol. The Morgan fingerprint density at radius 1 is 1.57 bits per heavy atom. The second-order valence-corrected chi connectivity index (χ2v) is 3.20. The summed E-state index contributed by atoms with van der Waals surface area (Å²) in [6.45, 7) is 0.0631. The molecule has 14 heavy (non-hydrogen) atoms. The zero-order valence-electron chi connectivity index (χ0n) is 7.70. The molecular formula is C9H12ClNO3. The van der Waals surface area contributed by atoms with Gasteiger partial charge in [-0.25, -0.2) is 0 Å². The van der Waals surface area contributed by atoms with Crippen LogP contribution in [0.15, 0.2) is 12.1 Å². The van der Waals surface area contributed by atoms with E-state index in [0.717, 1.165) is 0 Å². The summed E-state index contributed by atoms with van der Waals surface area (Å²) in [6.07, 6.45) is -0.850. The second kappa shape index (κ2) is 4.50. The number of aliphatic hydroxyl groups is 1. The summed E-state index contributed by atoms with van der Waals surface area (Å²) in [5, 5.41) is 19.1. The molecule has 78 valence electrons. The molecule has 4 nitrogen and oxygen atoms in total. The quantitative estimate of drug-likeness (QED) is 0.707. The zero-order chi connectivity index (χ0) is 10.7. The summed E-state index contributed by atoms with van der Waals surface area (Å²) in [5.41, 5.74) is 5.74. The summed E-state index contributed by atoms with van der Waals surface area (Å²) in [5.74, 6) is 0.197. The van der Waals surface area contributed by atoms with E-state index in [4.69, 9.17) is 22.1 Å². The molecule has 5 heteroatoms. The van der Waals surface area contributed by atoms with Crippen LogP contribution in [0.4, 0.5) is 0 Å². The lowest BCUT2D eigenvalue weighted by atomic mass is 10.1. The number of nitrogens with two attached hydrogens (primary N) is 1. The van der Waals surface area contributed by atoms with Crippen molar-refractivity contribution in [3.05, 3.63) is 22.7 Å². The number of rotatable bonds is 3. The Morgan fingerprint density at radius 3 is 2.71 bits per heavy atom. The Balaban J connectivity index is 3.17. The molecule has 1 atom stereocenters. The standard InChI is InChI=1S/C9H12ClNO3/c1-14-9-2-5(8(13)4-11)6(10)3-7(9)12/h2-3,8,12-13H,4,11H2,1H3. The maximum atomic E-state index is 9.47. The first-order chi connectivity index (χ1) is 6.60. The summed E-state index contributed by atoms with van der Waals surface area (Å²) >= 11 is 5.80. The van der Waals surface area contributed by atoms with E-state index in [1.165, 1.54) is 19.2 Å². The summed E-state index contributed by atoms with van der Waals surface area (Å²) < 4.78 is 4.87. The van der Waals surface area contributed by atoms with E-state index in [-0.39, 0.29) is 23.1 Å². The van der Waals surface area contributed by atoms with Crippen LogP contribution in [0.2, 0.25) is 5.02 Å². The number of hydrogen-bond acceptors (Lipinski definition) is 4. The topological polar surface area (TPSA) is 75.7 Å². The minimum atomic E-state index is -0.850. The molecule has 4 N–H and O–H groups in total. The summed E-state index contributed by atoms with van der Waals surface area (Å²) in [4.78, 5) is 0. The van der Waals surface area contributed by atoms with E-state index >= 15 is 0 Å². The molecular weight excluding hydrogens is 206 g/mol. The van der Waals surface area contributed by atoms with Crippen LogP contribution in [0.5, 0.6) is 11.5 Å². The van der Waals surface area contributed by atoms with Crippen LogP contribution in [0.3, 0.4) is 0 Å². The number of phenols is 1. The van der Waals surface area contributed by atoms with Crippen LogP contribution < -0.4 is 10.5 Å². The zero-order valence-corrected chi connectivity index (χ0v) is 8.45. The molecule has 0 saturated heterocycles. The molecule has 0 bridgehead atoms. The highest BCUT2D eigenvalue weighted by molar-refractivity contribution is 6.31. The number of aliphatic hydroxyl groups excluding tert-OH is 1. The van der Waals surface area contributed by atoms with Crippen molar-refractivity contribution in [3.8, 4) is 11.5 Å². The third-order valence-corrected chi connectivity index (χ3v) is 2.21. The normalized spacial score (nSPS) is 12.6. The fraction of sp³-hybridized carbons (Fsp3) is 0.333. The van der Waals surface area contributed by atoms with Crippen molar-refractivity contribution in [1.29, 1.82) is 0 Å². The monoisotopic (exact) mass is 217 g/mol. The van der Waals surface area contributed by atoms with Gasteiger partial charge in [0.1, 0.15) is 0 Å². The maximum absolute atomic E-state index is 9.47. The Hall–Kier alpha value is -0.970. The van der Waals surface area contributed by atoms with Crippen LogP contribution in [0.25, 0.3) is 0 Å². The van der Waals surface area contributed by atoms with Crippen LogP contribution in [0, 0.1) is 0 Å². The molecule has 0 saturated carbocycles. The minimum Gasteiger partial charge on any atom is -0.504 e. The Labute approximate surface area is 86.9 Å². The van der Waals surface area contributed by atoms with Crippen molar-refractivity contribution in [2.75, 3.05) is 13.7 Å². The highest BCUT2D eigenvalue weighted by Gasteiger charge is 2.14. The fourth-order valence-electron chi connectivity index (χ4n) is 1.10. The molecule has 0 aliphatic rings. The first-order valence-electron chi connectivity index (χ1n) is 4.04. The third kappa shape index (κ3) is 2.09. The van der Waals surface area contributed by atoms with Gasteiger partial charge in [-0.3, -0.25) is 0 Å². The smallest absolute Gasteiger partial charge is 0.160 e. The van der Waals surface area contributed by atoms with E-state index in [0.29, 0.717) is 5.56 Å². The predicted molar refractivity (Wildman–Crippen MR) is 53.7 cm³/mol. The van der Waals surface area contributed by atoms with Crippen LogP contribution >= 0.6 is 11.6 Å². The molecule has 0 aliphatic carbocycles. The van der Waals surface area contributed by atoms with Crippen LogP contribution in [-0.4, -0.2) is 23.9 Å². The van der Waals surface area contributed by atoms with E-state index in [1.807, 2.05) is 0 Å². The van der Waals surface area contributed by atoms with Crippen molar-refractivity contribution in [2.24, 2.45) is 5.73 Å². The van der Waals surface area contributed by atoms with Crippen molar-refractivity contribution in [3.63, 3.8) is 0 Å². The van der Waals surface area contributed by atoms with Gasteiger partial charge >= 0.3 is 0 Å². The SMILES string of the molecule is COc1cc(C(O)CN)c(Cl)cc1O. The molecule has 1 aromatic rings. The van der Waals surface area contributed by atoms with Gasteiger partial charge in [0, 0.05) is 18.2 Å². The molecule has 0 aliphatic heterocycles. The molecule has 0 spiro atoms. The number of halogens is 1. The number of phenolic OH excluding ortho intramolecular Hbond substituents is 1. The Morgan fingerprint density at radius 2 is 2.21 bits per heavy atom. The van der Waals surface area contributed by atoms with Gasteiger partial charge < -0.3 is 20.7 Å².